The van der Waals surface area contributed by atoms with Crippen LogP contribution >= 0.6 is 12.2 Å². The van der Waals surface area contributed by atoms with Gasteiger partial charge in [0.05, 0.1) is 11.0 Å². The summed E-state index contributed by atoms with van der Waals surface area (Å²) >= 11 is 4.76. The van der Waals surface area contributed by atoms with E-state index in [1.807, 2.05) is 0 Å². The Bertz CT molecular complexity index is 641. The van der Waals surface area contributed by atoms with Crippen molar-refractivity contribution in [2.45, 2.75) is 23.8 Å². The predicted octanol–water partition coefficient (Wildman–Crippen LogP) is 1.54. The van der Waals surface area contributed by atoms with Crippen molar-refractivity contribution < 1.29 is 21.6 Å². The van der Waals surface area contributed by atoms with Gasteiger partial charge >= 0.3 is 0 Å². The SMILES string of the molecule is NC(=S)C1CCCN1S(=O)(=O)c1c(F)cc(F)cc1F. The summed E-state index contributed by atoms with van der Waals surface area (Å²) in [5.74, 6) is -4.14. The van der Waals surface area contributed by atoms with Crippen molar-refractivity contribution in [3.63, 3.8) is 0 Å². The number of benzene rings is 1. The fourth-order valence-corrected chi connectivity index (χ4v) is 4.29. The second-order valence-electron chi connectivity index (χ2n) is 4.37. The first-order valence-electron chi connectivity index (χ1n) is 5.71. The van der Waals surface area contributed by atoms with E-state index in [0.29, 0.717) is 25.0 Å². The lowest BCUT2D eigenvalue weighted by Crippen LogP contribution is -2.43. The Morgan fingerprint density at radius 3 is 2.35 bits per heavy atom. The monoisotopic (exact) mass is 324 g/mol. The Morgan fingerprint density at radius 2 is 1.85 bits per heavy atom. The molecule has 0 aliphatic carbocycles. The fourth-order valence-electron chi connectivity index (χ4n) is 2.20. The maximum Gasteiger partial charge on any atom is 0.249 e. The van der Waals surface area contributed by atoms with Gasteiger partial charge in [0.25, 0.3) is 0 Å². The average molecular weight is 324 g/mol. The zero-order valence-electron chi connectivity index (χ0n) is 10.1. The zero-order valence-corrected chi connectivity index (χ0v) is 11.8. The maximum atomic E-state index is 13.6. The summed E-state index contributed by atoms with van der Waals surface area (Å²) in [7, 11) is -4.46. The minimum absolute atomic E-state index is 0.0561. The number of hydrogen-bond donors (Lipinski definition) is 1. The molecule has 1 fully saturated rings. The average Bonchev–Trinajstić information content (AvgIpc) is 2.75. The molecule has 9 heteroatoms. The van der Waals surface area contributed by atoms with Crippen LogP contribution in [0, 0.1) is 17.5 Å². The van der Waals surface area contributed by atoms with E-state index in [1.165, 1.54) is 0 Å². The molecule has 2 rings (SSSR count). The molecule has 1 aliphatic heterocycles. The van der Waals surface area contributed by atoms with Crippen molar-refractivity contribution in [3.8, 4) is 0 Å². The number of nitrogens with two attached hydrogens (primary N) is 1. The summed E-state index contributed by atoms with van der Waals surface area (Å²) in [6.07, 6.45) is 0.866. The van der Waals surface area contributed by atoms with Crippen LogP contribution in [0.1, 0.15) is 12.8 Å². The highest BCUT2D eigenvalue weighted by Gasteiger charge is 2.39. The van der Waals surface area contributed by atoms with Gasteiger partial charge in [0.1, 0.15) is 17.5 Å². The largest absolute Gasteiger partial charge is 0.392 e. The van der Waals surface area contributed by atoms with E-state index < -0.39 is 38.4 Å². The van der Waals surface area contributed by atoms with Crippen LogP contribution in [0.25, 0.3) is 0 Å². The molecule has 1 aromatic rings. The first kappa shape index (κ1) is 15.2. The quantitative estimate of drug-likeness (QED) is 0.857. The fraction of sp³-hybridized carbons (Fsp3) is 0.364. The molecule has 1 heterocycles. The molecule has 0 aromatic heterocycles. The number of rotatable bonds is 3. The van der Waals surface area contributed by atoms with Crippen LogP contribution in [0.2, 0.25) is 0 Å². The first-order chi connectivity index (χ1) is 9.25. The van der Waals surface area contributed by atoms with Crippen LogP contribution in [-0.4, -0.2) is 30.3 Å². The number of hydrogen-bond acceptors (Lipinski definition) is 3. The van der Waals surface area contributed by atoms with Gasteiger partial charge in [-0.1, -0.05) is 12.2 Å². The number of nitrogens with zero attached hydrogens (tertiary/aromatic N) is 1. The van der Waals surface area contributed by atoms with Gasteiger partial charge in [0.2, 0.25) is 10.0 Å². The summed E-state index contributed by atoms with van der Waals surface area (Å²) in [6.45, 7) is 0.0561. The van der Waals surface area contributed by atoms with E-state index in [2.05, 4.69) is 0 Å². The highest BCUT2D eigenvalue weighted by Crippen LogP contribution is 2.29. The molecule has 0 amide bonds. The van der Waals surface area contributed by atoms with Crippen molar-refractivity contribution in [1.82, 2.24) is 4.31 Å². The van der Waals surface area contributed by atoms with Gasteiger partial charge in [-0.05, 0) is 12.8 Å². The molecule has 0 spiro atoms. The smallest absolute Gasteiger partial charge is 0.249 e. The summed E-state index contributed by atoms with van der Waals surface area (Å²) in [5, 5.41) is 0. The second-order valence-corrected chi connectivity index (χ2v) is 6.67. The molecule has 0 radical (unpaired) electrons. The molecular weight excluding hydrogens is 313 g/mol. The van der Waals surface area contributed by atoms with Gasteiger partial charge in [-0.15, -0.1) is 0 Å². The molecule has 4 nitrogen and oxygen atoms in total. The number of thiocarbonyl (C=S) groups is 1. The van der Waals surface area contributed by atoms with Gasteiger partial charge in [-0.25, -0.2) is 21.6 Å². The minimum atomic E-state index is -4.46. The minimum Gasteiger partial charge on any atom is -0.392 e. The normalized spacial score (nSPS) is 20.2. The lowest BCUT2D eigenvalue weighted by atomic mass is 10.2. The van der Waals surface area contributed by atoms with E-state index in [9.17, 15) is 21.6 Å². The van der Waals surface area contributed by atoms with E-state index in [1.54, 1.807) is 0 Å². The number of halogens is 3. The molecule has 110 valence electrons. The summed E-state index contributed by atoms with van der Waals surface area (Å²) in [4.78, 5) is -1.24. The van der Waals surface area contributed by atoms with Gasteiger partial charge in [-0.2, -0.15) is 4.31 Å². The van der Waals surface area contributed by atoms with E-state index in [-0.39, 0.29) is 11.5 Å². The molecule has 0 bridgehead atoms. The molecule has 1 atom stereocenters. The Balaban J connectivity index is 2.54. The van der Waals surface area contributed by atoms with Crippen LogP contribution in [0.5, 0.6) is 0 Å². The molecular formula is C11H11F3N2O2S2. The Morgan fingerprint density at radius 1 is 1.30 bits per heavy atom. The lowest BCUT2D eigenvalue weighted by molar-refractivity contribution is 0.429. The van der Waals surface area contributed by atoms with Crippen LogP contribution < -0.4 is 5.73 Å². The van der Waals surface area contributed by atoms with E-state index >= 15 is 0 Å². The van der Waals surface area contributed by atoms with Crippen molar-refractivity contribution in [3.05, 3.63) is 29.6 Å². The number of sulfonamides is 1. The van der Waals surface area contributed by atoms with Crippen molar-refractivity contribution >= 4 is 27.2 Å². The third kappa shape index (κ3) is 2.52. The zero-order chi connectivity index (χ0) is 15.1. The van der Waals surface area contributed by atoms with Crippen LogP contribution in [0.3, 0.4) is 0 Å². The van der Waals surface area contributed by atoms with Crippen LogP contribution in [0.4, 0.5) is 13.2 Å². The van der Waals surface area contributed by atoms with Gasteiger partial charge in [-0.3, -0.25) is 0 Å². The van der Waals surface area contributed by atoms with Crippen LogP contribution in [-0.2, 0) is 10.0 Å². The molecule has 1 aromatic carbocycles. The van der Waals surface area contributed by atoms with Gasteiger partial charge < -0.3 is 5.73 Å². The predicted molar refractivity (Wildman–Crippen MR) is 70.0 cm³/mol. The Kier molecular flexibility index (Phi) is 4.03. The summed E-state index contributed by atoms with van der Waals surface area (Å²) in [5.41, 5.74) is 5.44. The summed E-state index contributed by atoms with van der Waals surface area (Å²) < 4.78 is 65.6. The molecule has 1 aliphatic rings. The standard InChI is InChI=1S/C11H11F3N2O2S2/c12-6-4-7(13)10(8(14)5-6)20(17,18)16-3-1-2-9(16)11(15)19/h4-5,9H,1-3H2,(H2,15,19). The Hall–Kier alpha value is -1.19. The summed E-state index contributed by atoms with van der Waals surface area (Å²) in [6, 6.07) is -0.136. The molecule has 2 N–H and O–H groups in total. The van der Waals surface area contributed by atoms with E-state index in [4.69, 9.17) is 18.0 Å². The van der Waals surface area contributed by atoms with Crippen molar-refractivity contribution in [1.29, 1.82) is 0 Å². The lowest BCUT2D eigenvalue weighted by Gasteiger charge is -2.23. The molecule has 0 saturated carbocycles. The van der Waals surface area contributed by atoms with E-state index in [0.717, 1.165) is 4.31 Å². The van der Waals surface area contributed by atoms with Gasteiger partial charge in [0, 0.05) is 18.7 Å². The van der Waals surface area contributed by atoms with Gasteiger partial charge in [0.15, 0.2) is 4.90 Å². The third-order valence-corrected chi connectivity index (χ3v) is 5.29. The first-order valence-corrected chi connectivity index (χ1v) is 7.55. The highest BCUT2D eigenvalue weighted by atomic mass is 32.2. The molecule has 1 unspecified atom stereocenters. The Labute approximate surface area is 119 Å². The second kappa shape index (κ2) is 5.30. The topological polar surface area (TPSA) is 63.4 Å². The van der Waals surface area contributed by atoms with Crippen LogP contribution in [0.15, 0.2) is 17.0 Å². The molecule has 20 heavy (non-hydrogen) atoms. The molecule has 1 saturated heterocycles. The maximum absolute atomic E-state index is 13.6. The highest BCUT2D eigenvalue weighted by molar-refractivity contribution is 7.89. The van der Waals surface area contributed by atoms with Crippen molar-refractivity contribution in [2.24, 2.45) is 5.73 Å². The van der Waals surface area contributed by atoms with Crippen molar-refractivity contribution in [2.75, 3.05) is 6.54 Å². The third-order valence-electron chi connectivity index (χ3n) is 3.06.